The van der Waals surface area contributed by atoms with Crippen LogP contribution < -0.4 is 22.1 Å². The Morgan fingerprint density at radius 2 is 1.76 bits per heavy atom. The molecule has 0 aliphatic rings. The van der Waals surface area contributed by atoms with E-state index in [0.29, 0.717) is 23.5 Å². The van der Waals surface area contributed by atoms with Gasteiger partial charge >= 0.3 is 0 Å². The normalized spacial score (nSPS) is 12.0. The third-order valence-electron chi connectivity index (χ3n) is 4.38. The monoisotopic (exact) mass is 392 g/mol. The maximum atomic E-state index is 11.8. The third kappa shape index (κ3) is 4.98. The van der Waals surface area contributed by atoms with Crippen LogP contribution in [0.1, 0.15) is 30.8 Å². The van der Waals surface area contributed by atoms with Crippen LogP contribution in [0.5, 0.6) is 0 Å². The second kappa shape index (κ2) is 8.55. The fourth-order valence-electron chi connectivity index (χ4n) is 3.05. The number of rotatable bonds is 8. The first-order valence-electron chi connectivity index (χ1n) is 9.31. The molecule has 0 saturated heterocycles. The minimum atomic E-state index is -0.665. The first-order chi connectivity index (χ1) is 13.8. The lowest BCUT2D eigenvalue weighted by atomic mass is 10.0. The standard InChI is InChI=1S/C21H24N6O2/c1-12(2)7-18(20(22)28)27-15-9-17(19(21(23)29)25-11-15)26-14-8-13-5-3-4-6-16(13)24-10-14/h3-6,8-12,18,26-27H,7H2,1-2H3,(H2,22,28)(H2,23,29)/t18-/m1/s1. The number of benzene rings is 1. The number of aromatic nitrogens is 2. The molecule has 0 radical (unpaired) electrons. The molecule has 0 unspecified atom stereocenters. The molecule has 0 aliphatic heterocycles. The molecule has 0 saturated carbocycles. The van der Waals surface area contributed by atoms with Gasteiger partial charge in [-0.3, -0.25) is 14.6 Å². The Hall–Kier alpha value is -3.68. The van der Waals surface area contributed by atoms with Crippen molar-refractivity contribution in [3.05, 3.63) is 54.5 Å². The molecule has 29 heavy (non-hydrogen) atoms. The van der Waals surface area contributed by atoms with Crippen molar-refractivity contribution in [2.75, 3.05) is 10.6 Å². The molecule has 0 aliphatic carbocycles. The molecule has 1 aromatic carbocycles. The van der Waals surface area contributed by atoms with Gasteiger partial charge in [-0.05, 0) is 30.5 Å². The Morgan fingerprint density at radius 1 is 1.03 bits per heavy atom. The van der Waals surface area contributed by atoms with Crippen molar-refractivity contribution < 1.29 is 9.59 Å². The average Bonchev–Trinajstić information content (AvgIpc) is 2.67. The highest BCUT2D eigenvalue weighted by Gasteiger charge is 2.18. The highest BCUT2D eigenvalue weighted by Crippen LogP contribution is 2.25. The fourth-order valence-corrected chi connectivity index (χ4v) is 3.05. The second-order valence-corrected chi connectivity index (χ2v) is 7.25. The van der Waals surface area contributed by atoms with E-state index in [2.05, 4.69) is 20.6 Å². The van der Waals surface area contributed by atoms with Crippen molar-refractivity contribution in [1.29, 1.82) is 0 Å². The summed E-state index contributed by atoms with van der Waals surface area (Å²) in [5, 5.41) is 7.18. The van der Waals surface area contributed by atoms with Crippen molar-refractivity contribution in [1.82, 2.24) is 9.97 Å². The van der Waals surface area contributed by atoms with Gasteiger partial charge in [-0.15, -0.1) is 0 Å². The molecule has 2 heterocycles. The number of anilines is 3. The van der Waals surface area contributed by atoms with Gasteiger partial charge in [-0.1, -0.05) is 32.0 Å². The van der Waals surface area contributed by atoms with Crippen LogP contribution >= 0.6 is 0 Å². The highest BCUT2D eigenvalue weighted by molar-refractivity contribution is 5.98. The molecule has 8 heteroatoms. The molecular formula is C21H24N6O2. The highest BCUT2D eigenvalue weighted by atomic mass is 16.1. The Balaban J connectivity index is 1.91. The quantitative estimate of drug-likeness (QED) is 0.465. The summed E-state index contributed by atoms with van der Waals surface area (Å²) in [4.78, 5) is 32.1. The number of para-hydroxylation sites is 1. The Bertz CT molecular complexity index is 1050. The molecule has 2 aromatic heterocycles. The third-order valence-corrected chi connectivity index (χ3v) is 4.38. The van der Waals surface area contributed by atoms with Gasteiger partial charge in [-0.2, -0.15) is 0 Å². The van der Waals surface area contributed by atoms with Crippen LogP contribution in [0, 0.1) is 5.92 Å². The van der Waals surface area contributed by atoms with E-state index in [-0.39, 0.29) is 11.6 Å². The number of carbonyl (C=O) groups excluding carboxylic acids is 2. The zero-order chi connectivity index (χ0) is 21.0. The molecule has 6 N–H and O–H groups in total. The number of nitrogens with two attached hydrogens (primary N) is 2. The molecule has 0 fully saturated rings. The number of primary amides is 2. The Kier molecular flexibility index (Phi) is 5.92. The number of fused-ring (bicyclic) bond motifs is 1. The lowest BCUT2D eigenvalue weighted by molar-refractivity contribution is -0.119. The van der Waals surface area contributed by atoms with Gasteiger partial charge in [0.1, 0.15) is 6.04 Å². The number of nitrogens with one attached hydrogen (secondary N) is 2. The zero-order valence-electron chi connectivity index (χ0n) is 16.3. The first-order valence-corrected chi connectivity index (χ1v) is 9.31. The number of hydrogen-bond acceptors (Lipinski definition) is 6. The average molecular weight is 392 g/mol. The van der Waals surface area contributed by atoms with E-state index in [9.17, 15) is 9.59 Å². The molecule has 1 atom stereocenters. The molecule has 8 nitrogen and oxygen atoms in total. The summed E-state index contributed by atoms with van der Waals surface area (Å²) in [7, 11) is 0. The SMILES string of the molecule is CC(C)C[C@@H](Nc1cnc(C(N)=O)c(Nc2cnc3ccccc3c2)c1)C(N)=O. The van der Waals surface area contributed by atoms with Gasteiger partial charge in [0.05, 0.1) is 35.0 Å². The fraction of sp³-hybridized carbons (Fsp3) is 0.238. The summed E-state index contributed by atoms with van der Waals surface area (Å²) < 4.78 is 0. The molecular weight excluding hydrogens is 368 g/mol. The molecule has 3 rings (SSSR count). The minimum Gasteiger partial charge on any atom is -0.372 e. The topological polar surface area (TPSA) is 136 Å². The van der Waals surface area contributed by atoms with Gasteiger partial charge in [0.25, 0.3) is 5.91 Å². The van der Waals surface area contributed by atoms with Crippen molar-refractivity contribution in [2.24, 2.45) is 17.4 Å². The lowest BCUT2D eigenvalue weighted by Gasteiger charge is -2.19. The molecule has 0 spiro atoms. The van der Waals surface area contributed by atoms with Gasteiger partial charge in [0.15, 0.2) is 5.69 Å². The molecule has 0 bridgehead atoms. The predicted octanol–water partition coefficient (Wildman–Crippen LogP) is 2.78. The number of pyridine rings is 2. The summed E-state index contributed by atoms with van der Waals surface area (Å²) in [6.45, 7) is 4.01. The second-order valence-electron chi connectivity index (χ2n) is 7.25. The van der Waals surface area contributed by atoms with Crippen molar-refractivity contribution in [2.45, 2.75) is 26.3 Å². The summed E-state index contributed by atoms with van der Waals surface area (Å²) in [6, 6.07) is 10.7. The van der Waals surface area contributed by atoms with Crippen LogP contribution in [0.3, 0.4) is 0 Å². The Morgan fingerprint density at radius 3 is 2.45 bits per heavy atom. The number of hydrogen-bond donors (Lipinski definition) is 4. The van der Waals surface area contributed by atoms with E-state index >= 15 is 0 Å². The summed E-state index contributed by atoms with van der Waals surface area (Å²) in [6.07, 6.45) is 3.70. The van der Waals surface area contributed by atoms with Crippen LogP contribution in [0.2, 0.25) is 0 Å². The van der Waals surface area contributed by atoms with E-state index in [1.807, 2.05) is 44.2 Å². The summed E-state index contributed by atoms with van der Waals surface area (Å²) in [5.74, 6) is -0.841. The van der Waals surface area contributed by atoms with Gasteiger partial charge in [-0.25, -0.2) is 4.98 Å². The van der Waals surface area contributed by atoms with Crippen molar-refractivity contribution >= 4 is 39.8 Å². The van der Waals surface area contributed by atoms with E-state index in [0.717, 1.165) is 10.9 Å². The van der Waals surface area contributed by atoms with Crippen LogP contribution in [0.15, 0.2) is 48.8 Å². The van der Waals surface area contributed by atoms with Gasteiger partial charge in [0.2, 0.25) is 5.91 Å². The number of amides is 2. The number of nitrogens with zero attached hydrogens (tertiary/aromatic N) is 2. The molecule has 3 aromatic rings. The van der Waals surface area contributed by atoms with Crippen molar-refractivity contribution in [3.63, 3.8) is 0 Å². The van der Waals surface area contributed by atoms with E-state index in [1.54, 1.807) is 12.3 Å². The maximum absolute atomic E-state index is 11.8. The van der Waals surface area contributed by atoms with Crippen LogP contribution in [0.4, 0.5) is 17.1 Å². The maximum Gasteiger partial charge on any atom is 0.269 e. The van der Waals surface area contributed by atoms with Crippen LogP contribution in [-0.4, -0.2) is 27.8 Å². The van der Waals surface area contributed by atoms with E-state index < -0.39 is 17.9 Å². The molecule has 150 valence electrons. The Labute approximate surface area is 168 Å². The zero-order valence-corrected chi connectivity index (χ0v) is 16.3. The lowest BCUT2D eigenvalue weighted by Crippen LogP contribution is -2.36. The van der Waals surface area contributed by atoms with E-state index in [4.69, 9.17) is 11.5 Å². The molecule has 2 amide bonds. The van der Waals surface area contributed by atoms with Crippen molar-refractivity contribution in [3.8, 4) is 0 Å². The number of carbonyl (C=O) groups is 2. The van der Waals surface area contributed by atoms with Crippen LogP contribution in [-0.2, 0) is 4.79 Å². The predicted molar refractivity (Wildman–Crippen MR) is 114 cm³/mol. The minimum absolute atomic E-state index is 0.0863. The first kappa shape index (κ1) is 20.1. The summed E-state index contributed by atoms with van der Waals surface area (Å²) in [5.41, 5.74) is 13.6. The van der Waals surface area contributed by atoms with Crippen LogP contribution in [0.25, 0.3) is 10.9 Å². The van der Waals surface area contributed by atoms with Gasteiger partial charge < -0.3 is 22.1 Å². The van der Waals surface area contributed by atoms with E-state index in [1.165, 1.54) is 6.20 Å². The smallest absolute Gasteiger partial charge is 0.269 e. The van der Waals surface area contributed by atoms with Gasteiger partial charge in [0, 0.05) is 5.39 Å². The summed E-state index contributed by atoms with van der Waals surface area (Å²) >= 11 is 0. The largest absolute Gasteiger partial charge is 0.372 e.